The van der Waals surface area contributed by atoms with Gasteiger partial charge in [0, 0.05) is 32.1 Å². The van der Waals surface area contributed by atoms with Crippen molar-refractivity contribution in [3.05, 3.63) is 35.4 Å². The Morgan fingerprint density at radius 3 is 2.80 bits per heavy atom. The van der Waals surface area contributed by atoms with Gasteiger partial charge in [0.1, 0.15) is 0 Å². The largest absolute Gasteiger partial charge is 0.355 e. The molecular formula is C21H33N3O. The fourth-order valence-electron chi connectivity index (χ4n) is 4.19. The highest BCUT2D eigenvalue weighted by atomic mass is 16.1. The molecule has 4 heteroatoms. The summed E-state index contributed by atoms with van der Waals surface area (Å²) >= 11 is 0. The maximum Gasteiger partial charge on any atom is 0.220 e. The van der Waals surface area contributed by atoms with Crippen LogP contribution in [0.15, 0.2) is 24.3 Å². The number of carbonyl (C=O) groups is 1. The third-order valence-electron chi connectivity index (χ3n) is 5.92. The van der Waals surface area contributed by atoms with E-state index in [9.17, 15) is 4.79 Å². The van der Waals surface area contributed by atoms with E-state index in [1.54, 1.807) is 0 Å². The highest BCUT2D eigenvalue weighted by Crippen LogP contribution is 2.21. The Labute approximate surface area is 152 Å². The number of hydrogen-bond donors (Lipinski definition) is 2. The molecule has 1 unspecified atom stereocenters. The van der Waals surface area contributed by atoms with Crippen LogP contribution in [0.4, 0.5) is 0 Å². The van der Waals surface area contributed by atoms with Crippen molar-refractivity contribution >= 4 is 5.91 Å². The minimum Gasteiger partial charge on any atom is -0.355 e. The molecule has 1 fully saturated rings. The van der Waals surface area contributed by atoms with Crippen LogP contribution in [0.2, 0.25) is 0 Å². The van der Waals surface area contributed by atoms with Gasteiger partial charge in [0.25, 0.3) is 0 Å². The second-order valence-electron chi connectivity index (χ2n) is 7.59. The van der Waals surface area contributed by atoms with Crippen molar-refractivity contribution in [2.24, 2.45) is 5.92 Å². The molecular weight excluding hydrogens is 310 g/mol. The number of carbonyl (C=O) groups excluding carboxylic acids is 1. The van der Waals surface area contributed by atoms with Crippen LogP contribution in [0.3, 0.4) is 0 Å². The van der Waals surface area contributed by atoms with E-state index in [2.05, 4.69) is 46.7 Å². The van der Waals surface area contributed by atoms with Gasteiger partial charge in [-0.1, -0.05) is 31.2 Å². The van der Waals surface area contributed by atoms with Crippen molar-refractivity contribution in [1.82, 2.24) is 15.5 Å². The summed E-state index contributed by atoms with van der Waals surface area (Å²) in [4.78, 5) is 14.8. The van der Waals surface area contributed by atoms with Gasteiger partial charge in [0.15, 0.2) is 0 Å². The molecule has 1 aromatic rings. The molecule has 0 spiro atoms. The summed E-state index contributed by atoms with van der Waals surface area (Å²) < 4.78 is 0. The van der Waals surface area contributed by atoms with Gasteiger partial charge < -0.3 is 10.6 Å². The van der Waals surface area contributed by atoms with Crippen molar-refractivity contribution < 1.29 is 4.79 Å². The summed E-state index contributed by atoms with van der Waals surface area (Å²) in [6.07, 6.45) is 6.37. The van der Waals surface area contributed by atoms with Crippen LogP contribution in [-0.2, 0) is 17.8 Å². The van der Waals surface area contributed by atoms with E-state index < -0.39 is 0 Å². The fourth-order valence-corrected chi connectivity index (χ4v) is 4.19. The molecule has 2 aliphatic rings. The lowest BCUT2D eigenvalue weighted by Gasteiger charge is -2.35. The van der Waals surface area contributed by atoms with E-state index in [0.717, 1.165) is 57.9 Å². The second-order valence-corrected chi connectivity index (χ2v) is 7.59. The van der Waals surface area contributed by atoms with Crippen molar-refractivity contribution in [2.45, 2.75) is 58.0 Å². The molecule has 0 bridgehead atoms. The standard InChI is InChI=1S/C21H33N3O/c1-2-20(24-14-11-18-5-3-4-6-19(18)16-24)15-23-21(25)8-7-17-9-12-22-13-10-17/h3-6,17,20,22H,2,7-16H2,1H3,(H,23,25). The minimum absolute atomic E-state index is 0.231. The topological polar surface area (TPSA) is 44.4 Å². The molecule has 138 valence electrons. The lowest BCUT2D eigenvalue weighted by molar-refractivity contribution is -0.121. The van der Waals surface area contributed by atoms with Crippen LogP contribution in [0, 0.1) is 5.92 Å². The SMILES string of the molecule is CCC(CNC(=O)CCC1CCNCC1)N1CCc2ccccc2C1. The van der Waals surface area contributed by atoms with Crippen molar-refractivity contribution in [3.63, 3.8) is 0 Å². The summed E-state index contributed by atoms with van der Waals surface area (Å²) in [5, 5.41) is 6.59. The molecule has 2 heterocycles. The molecule has 2 aliphatic heterocycles. The Morgan fingerprint density at radius 1 is 1.28 bits per heavy atom. The van der Waals surface area contributed by atoms with Crippen LogP contribution < -0.4 is 10.6 Å². The van der Waals surface area contributed by atoms with Crippen LogP contribution in [0.25, 0.3) is 0 Å². The maximum atomic E-state index is 12.2. The Hall–Kier alpha value is -1.39. The zero-order valence-electron chi connectivity index (χ0n) is 15.6. The van der Waals surface area contributed by atoms with E-state index in [1.807, 2.05) is 0 Å². The third-order valence-corrected chi connectivity index (χ3v) is 5.92. The van der Waals surface area contributed by atoms with Gasteiger partial charge in [0.05, 0.1) is 0 Å². The number of amides is 1. The van der Waals surface area contributed by atoms with E-state index in [1.165, 1.54) is 24.0 Å². The monoisotopic (exact) mass is 343 g/mol. The van der Waals surface area contributed by atoms with Crippen LogP contribution in [-0.4, -0.2) is 43.0 Å². The number of hydrogen-bond acceptors (Lipinski definition) is 3. The minimum atomic E-state index is 0.231. The van der Waals surface area contributed by atoms with E-state index in [4.69, 9.17) is 0 Å². The van der Waals surface area contributed by atoms with Gasteiger partial charge in [-0.25, -0.2) is 0 Å². The molecule has 1 amide bonds. The lowest BCUT2D eigenvalue weighted by Crippen LogP contribution is -2.45. The quantitative estimate of drug-likeness (QED) is 0.800. The number of rotatable bonds is 7. The first-order valence-corrected chi connectivity index (χ1v) is 10.0. The van der Waals surface area contributed by atoms with Gasteiger partial charge in [-0.3, -0.25) is 9.69 Å². The predicted octanol–water partition coefficient (Wildman–Crippen LogP) is 2.72. The molecule has 2 N–H and O–H groups in total. The van der Waals surface area contributed by atoms with Crippen molar-refractivity contribution in [3.8, 4) is 0 Å². The third kappa shape index (κ3) is 5.29. The normalized spacial score (nSPS) is 20.0. The van der Waals surface area contributed by atoms with Gasteiger partial charge >= 0.3 is 0 Å². The molecule has 3 rings (SSSR count). The Bertz CT molecular complexity index is 554. The van der Waals surface area contributed by atoms with Crippen molar-refractivity contribution in [1.29, 1.82) is 0 Å². The highest BCUT2D eigenvalue weighted by molar-refractivity contribution is 5.75. The summed E-state index contributed by atoms with van der Waals surface area (Å²) in [6.45, 7) is 7.34. The Kier molecular flexibility index (Phi) is 6.88. The first-order valence-electron chi connectivity index (χ1n) is 10.0. The van der Waals surface area contributed by atoms with Gasteiger partial charge in [-0.05, 0) is 62.2 Å². The number of nitrogens with one attached hydrogen (secondary N) is 2. The van der Waals surface area contributed by atoms with E-state index >= 15 is 0 Å². The molecule has 1 atom stereocenters. The molecule has 1 saturated heterocycles. The van der Waals surface area contributed by atoms with E-state index in [-0.39, 0.29) is 5.91 Å². The average molecular weight is 344 g/mol. The van der Waals surface area contributed by atoms with Gasteiger partial charge in [-0.2, -0.15) is 0 Å². The fraction of sp³-hybridized carbons (Fsp3) is 0.667. The average Bonchev–Trinajstić information content (AvgIpc) is 2.67. The Balaban J connectivity index is 1.42. The molecule has 0 aliphatic carbocycles. The maximum absolute atomic E-state index is 12.2. The summed E-state index contributed by atoms with van der Waals surface area (Å²) in [5.74, 6) is 0.960. The number of piperidine rings is 1. The number of fused-ring (bicyclic) bond motifs is 1. The first-order chi connectivity index (χ1) is 12.3. The molecule has 25 heavy (non-hydrogen) atoms. The van der Waals surface area contributed by atoms with Gasteiger partial charge in [-0.15, -0.1) is 0 Å². The lowest BCUT2D eigenvalue weighted by atomic mass is 9.93. The first kappa shape index (κ1) is 18.4. The van der Waals surface area contributed by atoms with Crippen LogP contribution in [0.5, 0.6) is 0 Å². The predicted molar refractivity (Wildman–Crippen MR) is 102 cm³/mol. The molecule has 0 saturated carbocycles. The van der Waals surface area contributed by atoms with Gasteiger partial charge in [0.2, 0.25) is 5.91 Å². The smallest absolute Gasteiger partial charge is 0.220 e. The van der Waals surface area contributed by atoms with E-state index in [0.29, 0.717) is 12.5 Å². The zero-order valence-corrected chi connectivity index (χ0v) is 15.6. The van der Waals surface area contributed by atoms with Crippen LogP contribution in [0.1, 0.15) is 50.2 Å². The van der Waals surface area contributed by atoms with Crippen molar-refractivity contribution in [2.75, 3.05) is 26.2 Å². The molecule has 0 radical (unpaired) electrons. The molecule has 0 aromatic heterocycles. The summed E-state index contributed by atoms with van der Waals surface area (Å²) in [6, 6.07) is 9.19. The second kappa shape index (κ2) is 9.35. The molecule has 1 aromatic carbocycles. The zero-order chi connectivity index (χ0) is 17.5. The molecule has 4 nitrogen and oxygen atoms in total. The number of benzene rings is 1. The van der Waals surface area contributed by atoms with Crippen LogP contribution >= 0.6 is 0 Å². The number of nitrogens with zero attached hydrogens (tertiary/aromatic N) is 1. The Morgan fingerprint density at radius 2 is 2.04 bits per heavy atom. The highest BCUT2D eigenvalue weighted by Gasteiger charge is 2.22. The summed E-state index contributed by atoms with van der Waals surface area (Å²) in [7, 11) is 0. The summed E-state index contributed by atoms with van der Waals surface area (Å²) in [5.41, 5.74) is 2.93.